The van der Waals surface area contributed by atoms with Crippen molar-refractivity contribution < 1.29 is 4.79 Å². The number of nitrogens with one attached hydrogen (secondary N) is 1. The van der Waals surface area contributed by atoms with Gasteiger partial charge in [-0.2, -0.15) is 5.10 Å². The lowest BCUT2D eigenvalue weighted by Gasteiger charge is -2.37. The number of carbonyl (C=O) groups is 1. The van der Waals surface area contributed by atoms with Crippen LogP contribution < -0.4 is 5.32 Å². The molecule has 1 amide bonds. The Morgan fingerprint density at radius 3 is 2.93 bits per heavy atom. The van der Waals surface area contributed by atoms with E-state index in [1.165, 1.54) is 18.4 Å². The molecule has 1 N–H and O–H groups in total. The number of aromatic nitrogens is 3. The van der Waals surface area contributed by atoms with E-state index in [0.717, 1.165) is 55.3 Å². The van der Waals surface area contributed by atoms with Crippen LogP contribution >= 0.6 is 0 Å². The van der Waals surface area contributed by atoms with Gasteiger partial charge in [-0.25, -0.2) is 9.67 Å². The first-order valence-corrected chi connectivity index (χ1v) is 10.7. The number of hydrogen-bond donors (Lipinski definition) is 1. The van der Waals surface area contributed by atoms with Crippen LogP contribution in [0, 0.1) is 5.92 Å². The first kappa shape index (κ1) is 17.7. The van der Waals surface area contributed by atoms with Crippen molar-refractivity contribution in [2.45, 2.75) is 64.5 Å². The van der Waals surface area contributed by atoms with E-state index in [2.05, 4.69) is 29.9 Å². The number of fused-ring (bicyclic) bond motifs is 2. The number of para-hydroxylation sites is 1. The molecule has 1 aromatic heterocycles. The first-order chi connectivity index (χ1) is 13.6. The van der Waals surface area contributed by atoms with Crippen LogP contribution in [0.5, 0.6) is 0 Å². The number of carbonyl (C=O) groups excluding carboxylic acids is 1. The summed E-state index contributed by atoms with van der Waals surface area (Å²) < 4.78 is 2.06. The lowest BCUT2D eigenvalue weighted by molar-refractivity contribution is 0.0579. The first-order valence-electron chi connectivity index (χ1n) is 10.7. The summed E-state index contributed by atoms with van der Waals surface area (Å²) in [7, 11) is 0. The van der Waals surface area contributed by atoms with Gasteiger partial charge in [0, 0.05) is 19.0 Å². The van der Waals surface area contributed by atoms with Crippen molar-refractivity contribution >= 4 is 11.6 Å². The summed E-state index contributed by atoms with van der Waals surface area (Å²) in [5.74, 6) is 3.10. The highest BCUT2D eigenvalue weighted by Gasteiger charge is 2.37. The van der Waals surface area contributed by atoms with E-state index in [9.17, 15) is 4.79 Å². The van der Waals surface area contributed by atoms with Crippen LogP contribution in [0.4, 0.5) is 5.69 Å². The molecule has 0 radical (unpaired) electrons. The summed E-state index contributed by atoms with van der Waals surface area (Å²) in [4.78, 5) is 20.6. The van der Waals surface area contributed by atoms with E-state index in [1.807, 2.05) is 17.0 Å². The predicted molar refractivity (Wildman–Crippen MR) is 108 cm³/mol. The third-order valence-corrected chi connectivity index (χ3v) is 6.15. The van der Waals surface area contributed by atoms with Crippen molar-refractivity contribution in [3.63, 3.8) is 0 Å². The van der Waals surface area contributed by atoms with Crippen LogP contribution in [0.15, 0.2) is 18.2 Å². The SMILES string of the molecule is CC(C)C[C@H]1c2nc(C3CC3)nn2CCN1C(=O)c1cccc2c1NCCC2. The van der Waals surface area contributed by atoms with Gasteiger partial charge < -0.3 is 10.2 Å². The number of aryl methyl sites for hydroxylation is 1. The van der Waals surface area contributed by atoms with Crippen molar-refractivity contribution in [3.05, 3.63) is 41.0 Å². The summed E-state index contributed by atoms with van der Waals surface area (Å²) in [6.45, 7) is 6.79. The second-order valence-electron chi connectivity index (χ2n) is 8.84. The Labute approximate surface area is 166 Å². The fraction of sp³-hybridized carbons (Fsp3) is 0.591. The molecule has 0 unspecified atom stereocenters. The van der Waals surface area contributed by atoms with E-state index in [0.29, 0.717) is 18.4 Å². The van der Waals surface area contributed by atoms with E-state index >= 15 is 0 Å². The summed E-state index contributed by atoms with van der Waals surface area (Å²) >= 11 is 0. The zero-order chi connectivity index (χ0) is 19.3. The molecule has 28 heavy (non-hydrogen) atoms. The standard InChI is InChI=1S/C22H29N5O/c1-14(2)13-18-21-24-20(16-8-9-16)25-27(21)12-11-26(18)22(28)17-7-3-5-15-6-4-10-23-19(15)17/h3,5,7,14,16,18,23H,4,6,8-13H2,1-2H3/t18-/m0/s1. The molecule has 1 aromatic carbocycles. The number of nitrogens with zero attached hydrogens (tertiary/aromatic N) is 4. The van der Waals surface area contributed by atoms with Crippen LogP contribution in [0.1, 0.15) is 79.1 Å². The van der Waals surface area contributed by atoms with Crippen molar-refractivity contribution in [2.24, 2.45) is 5.92 Å². The molecular formula is C22H29N5O. The van der Waals surface area contributed by atoms with Gasteiger partial charge in [0.25, 0.3) is 5.91 Å². The minimum atomic E-state index is 0.000645. The fourth-order valence-corrected chi connectivity index (χ4v) is 4.56. The van der Waals surface area contributed by atoms with Gasteiger partial charge in [0.1, 0.15) is 5.82 Å². The maximum Gasteiger partial charge on any atom is 0.256 e. The number of amides is 1. The lowest BCUT2D eigenvalue weighted by atomic mass is 9.96. The highest BCUT2D eigenvalue weighted by atomic mass is 16.2. The van der Waals surface area contributed by atoms with Crippen LogP contribution in [0.25, 0.3) is 0 Å². The molecule has 3 heterocycles. The van der Waals surface area contributed by atoms with Crippen LogP contribution in [0.2, 0.25) is 0 Å². The predicted octanol–water partition coefficient (Wildman–Crippen LogP) is 3.76. The van der Waals surface area contributed by atoms with Crippen molar-refractivity contribution in [1.82, 2.24) is 19.7 Å². The molecule has 2 aliphatic heterocycles. The quantitative estimate of drug-likeness (QED) is 0.879. The molecule has 6 heteroatoms. The Balaban J connectivity index is 1.50. The Morgan fingerprint density at radius 2 is 2.14 bits per heavy atom. The zero-order valence-electron chi connectivity index (χ0n) is 16.8. The molecular weight excluding hydrogens is 350 g/mol. The minimum Gasteiger partial charge on any atom is -0.384 e. The Hall–Kier alpha value is -2.37. The van der Waals surface area contributed by atoms with Gasteiger partial charge in [-0.3, -0.25) is 4.79 Å². The number of anilines is 1. The Bertz CT molecular complexity index is 898. The molecule has 3 aliphatic rings. The van der Waals surface area contributed by atoms with Gasteiger partial charge in [-0.05, 0) is 49.7 Å². The van der Waals surface area contributed by atoms with Crippen molar-refractivity contribution in [3.8, 4) is 0 Å². The highest BCUT2D eigenvalue weighted by molar-refractivity contribution is 6.00. The molecule has 1 saturated carbocycles. The average Bonchev–Trinajstić information content (AvgIpc) is 3.46. The molecule has 2 aromatic rings. The third-order valence-electron chi connectivity index (χ3n) is 6.15. The third kappa shape index (κ3) is 3.09. The van der Waals surface area contributed by atoms with Crippen LogP contribution in [-0.2, 0) is 13.0 Å². The zero-order valence-corrected chi connectivity index (χ0v) is 16.8. The lowest BCUT2D eigenvalue weighted by Crippen LogP contribution is -2.43. The molecule has 6 nitrogen and oxygen atoms in total. The number of rotatable bonds is 4. The second kappa shape index (κ2) is 6.90. The summed E-state index contributed by atoms with van der Waals surface area (Å²) in [5.41, 5.74) is 3.10. The van der Waals surface area contributed by atoms with Gasteiger partial charge in [-0.1, -0.05) is 26.0 Å². The monoisotopic (exact) mass is 379 g/mol. The molecule has 5 rings (SSSR count). The topological polar surface area (TPSA) is 63.1 Å². The van der Waals surface area contributed by atoms with Gasteiger partial charge >= 0.3 is 0 Å². The Kier molecular flexibility index (Phi) is 4.37. The molecule has 1 fully saturated rings. The molecule has 148 valence electrons. The second-order valence-corrected chi connectivity index (χ2v) is 8.84. The summed E-state index contributed by atoms with van der Waals surface area (Å²) in [5, 5.41) is 8.23. The van der Waals surface area contributed by atoms with E-state index in [4.69, 9.17) is 10.1 Å². The maximum atomic E-state index is 13.7. The fourth-order valence-electron chi connectivity index (χ4n) is 4.56. The molecule has 1 aliphatic carbocycles. The maximum absolute atomic E-state index is 13.7. The van der Waals surface area contributed by atoms with Crippen molar-refractivity contribution in [1.29, 1.82) is 0 Å². The van der Waals surface area contributed by atoms with E-state index < -0.39 is 0 Å². The van der Waals surface area contributed by atoms with E-state index in [1.54, 1.807) is 0 Å². The van der Waals surface area contributed by atoms with Gasteiger partial charge in [0.2, 0.25) is 0 Å². The molecule has 0 spiro atoms. The molecule has 0 bridgehead atoms. The van der Waals surface area contributed by atoms with Crippen molar-refractivity contribution in [2.75, 3.05) is 18.4 Å². The van der Waals surface area contributed by atoms with Crippen LogP contribution in [0.3, 0.4) is 0 Å². The summed E-state index contributed by atoms with van der Waals surface area (Å²) in [6.07, 6.45) is 5.47. The minimum absolute atomic E-state index is 0.000645. The van der Waals surface area contributed by atoms with Gasteiger partial charge in [0.15, 0.2) is 5.82 Å². The molecule has 0 saturated heterocycles. The van der Waals surface area contributed by atoms with Crippen LogP contribution in [-0.4, -0.2) is 38.7 Å². The van der Waals surface area contributed by atoms with Gasteiger partial charge in [0.05, 0.1) is 23.8 Å². The molecule has 1 atom stereocenters. The summed E-state index contributed by atoms with van der Waals surface area (Å²) in [6, 6.07) is 6.13. The normalized spacial score (nSPS) is 21.2. The highest BCUT2D eigenvalue weighted by Crippen LogP contribution is 2.40. The Morgan fingerprint density at radius 1 is 1.29 bits per heavy atom. The number of benzene rings is 1. The number of hydrogen-bond acceptors (Lipinski definition) is 4. The smallest absolute Gasteiger partial charge is 0.256 e. The van der Waals surface area contributed by atoms with Gasteiger partial charge in [-0.15, -0.1) is 0 Å². The largest absolute Gasteiger partial charge is 0.384 e. The average molecular weight is 380 g/mol. The van der Waals surface area contributed by atoms with E-state index in [-0.39, 0.29) is 11.9 Å².